The number of amides is 2. The maximum atomic E-state index is 13.4. The third kappa shape index (κ3) is 5.08. The Bertz CT molecular complexity index is 1410. The maximum Gasteiger partial charge on any atom is 0.318 e. The van der Waals surface area contributed by atoms with E-state index in [1.165, 1.54) is 6.08 Å². The summed E-state index contributed by atoms with van der Waals surface area (Å²) in [6, 6.07) is 9.95. The van der Waals surface area contributed by atoms with Crippen molar-refractivity contribution in [2.75, 3.05) is 50.1 Å². The molecule has 3 atom stereocenters. The molecule has 4 aliphatic rings. The SMILES string of the molecule is C=CC(=O)N1CCN(c2nc(OCC3CCCN3C)nc3c2CCC2(C3)Oc3ccccc3NC2=O)CC1CC#N. The lowest BCUT2D eigenvalue weighted by Gasteiger charge is -2.43. The van der Waals surface area contributed by atoms with Crippen molar-refractivity contribution in [1.82, 2.24) is 19.8 Å². The van der Waals surface area contributed by atoms with Gasteiger partial charge in [0.15, 0.2) is 5.60 Å². The fourth-order valence-electron chi connectivity index (χ4n) is 6.44. The van der Waals surface area contributed by atoms with Crippen LogP contribution >= 0.6 is 0 Å². The zero-order chi connectivity index (χ0) is 28.6. The zero-order valence-corrected chi connectivity index (χ0v) is 23.3. The fourth-order valence-corrected chi connectivity index (χ4v) is 6.44. The number of carbonyl (C=O) groups excluding carboxylic acids is 2. The van der Waals surface area contributed by atoms with Gasteiger partial charge in [0.25, 0.3) is 5.91 Å². The van der Waals surface area contributed by atoms with E-state index in [1.807, 2.05) is 24.3 Å². The van der Waals surface area contributed by atoms with Crippen molar-refractivity contribution in [2.45, 2.75) is 56.2 Å². The van der Waals surface area contributed by atoms with Crippen LogP contribution in [0.5, 0.6) is 11.8 Å². The first-order chi connectivity index (χ1) is 19.9. The highest BCUT2D eigenvalue weighted by molar-refractivity contribution is 6.01. The van der Waals surface area contributed by atoms with Crippen molar-refractivity contribution >= 4 is 23.3 Å². The second-order valence-corrected chi connectivity index (χ2v) is 11.3. The summed E-state index contributed by atoms with van der Waals surface area (Å²) in [5.41, 5.74) is 1.27. The van der Waals surface area contributed by atoms with Crippen molar-refractivity contribution in [3.8, 4) is 17.8 Å². The van der Waals surface area contributed by atoms with Crippen molar-refractivity contribution in [2.24, 2.45) is 0 Å². The lowest BCUT2D eigenvalue weighted by atomic mass is 9.81. The molecule has 2 amide bonds. The molecule has 1 aliphatic carbocycles. The minimum absolute atomic E-state index is 0.178. The number of aromatic nitrogens is 2. The first-order valence-corrected chi connectivity index (χ1v) is 14.3. The molecule has 0 saturated carbocycles. The smallest absolute Gasteiger partial charge is 0.318 e. The van der Waals surface area contributed by atoms with E-state index in [0.717, 1.165) is 36.5 Å². The number of hydrogen-bond donors (Lipinski definition) is 1. The normalized spacial score (nSPS) is 25.5. The Morgan fingerprint density at radius 2 is 2.15 bits per heavy atom. The number of anilines is 2. The van der Waals surface area contributed by atoms with E-state index in [9.17, 15) is 14.9 Å². The van der Waals surface area contributed by atoms with E-state index in [4.69, 9.17) is 19.4 Å². The van der Waals surface area contributed by atoms with Crippen LogP contribution in [0.25, 0.3) is 0 Å². The van der Waals surface area contributed by atoms with E-state index >= 15 is 0 Å². The molecule has 1 aromatic heterocycles. The van der Waals surface area contributed by atoms with E-state index in [1.54, 1.807) is 4.90 Å². The number of benzene rings is 1. The largest absolute Gasteiger partial charge is 0.475 e. The number of fused-ring (bicyclic) bond motifs is 2. The minimum Gasteiger partial charge on any atom is -0.475 e. The van der Waals surface area contributed by atoms with E-state index in [0.29, 0.717) is 56.6 Å². The van der Waals surface area contributed by atoms with Crippen LogP contribution in [0.1, 0.15) is 36.9 Å². The average Bonchev–Trinajstić information content (AvgIpc) is 3.40. The molecular formula is C30H35N7O4. The van der Waals surface area contributed by atoms with Crippen LogP contribution < -0.4 is 19.7 Å². The van der Waals surface area contributed by atoms with E-state index in [-0.39, 0.29) is 36.7 Å². The van der Waals surface area contributed by atoms with Crippen LogP contribution in [0.3, 0.4) is 0 Å². The first-order valence-electron chi connectivity index (χ1n) is 14.3. The molecule has 11 nitrogen and oxygen atoms in total. The number of ether oxygens (including phenoxy) is 2. The van der Waals surface area contributed by atoms with E-state index in [2.05, 4.69) is 34.8 Å². The highest BCUT2D eigenvalue weighted by Gasteiger charge is 2.48. The lowest BCUT2D eigenvalue weighted by Crippen LogP contribution is -2.56. The molecule has 3 aliphatic heterocycles. The quantitative estimate of drug-likeness (QED) is 0.533. The molecule has 2 aromatic rings. The number of nitrogens with zero attached hydrogens (tertiary/aromatic N) is 6. The average molecular weight is 558 g/mol. The highest BCUT2D eigenvalue weighted by Crippen LogP contribution is 2.42. The van der Waals surface area contributed by atoms with Gasteiger partial charge in [-0.15, -0.1) is 0 Å². The zero-order valence-electron chi connectivity index (χ0n) is 23.3. The number of carbonyl (C=O) groups is 2. The van der Waals surface area contributed by atoms with Crippen molar-refractivity contribution < 1.29 is 19.1 Å². The number of nitrogens with one attached hydrogen (secondary N) is 1. The van der Waals surface area contributed by atoms with Gasteiger partial charge in [0.1, 0.15) is 18.2 Å². The van der Waals surface area contributed by atoms with Gasteiger partial charge in [-0.1, -0.05) is 18.7 Å². The Morgan fingerprint density at radius 1 is 1.29 bits per heavy atom. The van der Waals surface area contributed by atoms with Crippen molar-refractivity contribution in [3.05, 3.63) is 48.2 Å². The second kappa shape index (κ2) is 11.0. The number of piperazine rings is 1. The predicted octanol–water partition coefficient (Wildman–Crippen LogP) is 2.33. The molecule has 1 N–H and O–H groups in total. The van der Waals surface area contributed by atoms with Gasteiger partial charge in [-0.25, -0.2) is 0 Å². The summed E-state index contributed by atoms with van der Waals surface area (Å²) in [5.74, 6) is 1.03. The van der Waals surface area contributed by atoms with Gasteiger partial charge < -0.3 is 29.5 Å². The molecule has 4 heterocycles. The molecule has 2 fully saturated rings. The molecule has 0 bridgehead atoms. The molecule has 41 heavy (non-hydrogen) atoms. The Balaban J connectivity index is 1.33. The third-order valence-corrected chi connectivity index (χ3v) is 8.78. The van der Waals surface area contributed by atoms with E-state index < -0.39 is 5.60 Å². The topological polar surface area (TPSA) is 124 Å². The van der Waals surface area contributed by atoms with Gasteiger partial charge in [-0.05, 0) is 51.1 Å². The highest BCUT2D eigenvalue weighted by atomic mass is 16.5. The van der Waals surface area contributed by atoms with Gasteiger partial charge in [0.2, 0.25) is 5.91 Å². The summed E-state index contributed by atoms with van der Waals surface area (Å²) >= 11 is 0. The van der Waals surface area contributed by atoms with Gasteiger partial charge in [0.05, 0.1) is 29.9 Å². The minimum atomic E-state index is -1.08. The van der Waals surface area contributed by atoms with Gasteiger partial charge in [0, 0.05) is 44.1 Å². The number of hydrogen-bond acceptors (Lipinski definition) is 9. The Morgan fingerprint density at radius 3 is 2.93 bits per heavy atom. The number of likely N-dealkylation sites (N-methyl/N-ethyl adjacent to an activating group) is 1. The summed E-state index contributed by atoms with van der Waals surface area (Å²) in [5, 5.41) is 12.5. The van der Waals surface area contributed by atoms with Crippen LogP contribution in [0.15, 0.2) is 36.9 Å². The molecule has 0 radical (unpaired) electrons. The molecule has 3 unspecified atom stereocenters. The molecule has 1 aromatic carbocycles. The molecule has 11 heteroatoms. The number of rotatable bonds is 6. The molecule has 1 spiro atoms. The third-order valence-electron chi connectivity index (χ3n) is 8.78. The fraction of sp³-hybridized carbons (Fsp3) is 0.500. The summed E-state index contributed by atoms with van der Waals surface area (Å²) < 4.78 is 12.6. The summed E-state index contributed by atoms with van der Waals surface area (Å²) in [6.07, 6.45) is 4.99. The molecule has 214 valence electrons. The van der Waals surface area contributed by atoms with Crippen LogP contribution in [0, 0.1) is 11.3 Å². The van der Waals surface area contributed by atoms with Crippen molar-refractivity contribution in [1.29, 1.82) is 5.26 Å². The lowest BCUT2D eigenvalue weighted by molar-refractivity contribution is -0.133. The summed E-state index contributed by atoms with van der Waals surface area (Å²) in [7, 11) is 2.10. The van der Waals surface area contributed by atoms with Crippen molar-refractivity contribution in [3.63, 3.8) is 0 Å². The maximum absolute atomic E-state index is 13.4. The summed E-state index contributed by atoms with van der Waals surface area (Å²) in [6.45, 7) is 6.59. The second-order valence-electron chi connectivity index (χ2n) is 11.3. The Labute approximate surface area is 239 Å². The van der Waals surface area contributed by atoms with Gasteiger partial charge in [-0.2, -0.15) is 15.2 Å². The number of para-hydroxylation sites is 2. The summed E-state index contributed by atoms with van der Waals surface area (Å²) in [4.78, 5) is 41.7. The molecule has 6 rings (SSSR count). The first kappa shape index (κ1) is 27.0. The number of likely N-dealkylation sites (tertiary alicyclic amines) is 1. The standard InChI is InChI=1S/C30H35N7O4/c1-3-26(38)37-16-15-36(18-20(37)11-13-31)27-22-10-12-30(28(39)32-23-8-4-5-9-25(23)41-30)17-24(22)33-29(34-27)40-19-21-7-6-14-35(21)2/h3-5,8-9,20-21H,1,6-7,10-12,14-19H2,2H3,(H,32,39). The van der Waals surface area contributed by atoms with Crippen LogP contribution in [-0.2, 0) is 22.4 Å². The number of nitriles is 1. The predicted molar refractivity (Wildman–Crippen MR) is 152 cm³/mol. The van der Waals surface area contributed by atoms with Crippen LogP contribution in [0.4, 0.5) is 11.5 Å². The van der Waals surface area contributed by atoms with Gasteiger partial charge in [-0.3, -0.25) is 9.59 Å². The monoisotopic (exact) mass is 557 g/mol. The van der Waals surface area contributed by atoms with Gasteiger partial charge >= 0.3 is 6.01 Å². The van der Waals surface area contributed by atoms with Crippen LogP contribution in [-0.4, -0.2) is 89.1 Å². The molecular weight excluding hydrogens is 522 g/mol. The Hall–Kier alpha value is -4.17. The Kier molecular flexibility index (Phi) is 7.26. The van der Waals surface area contributed by atoms with Crippen LogP contribution in [0.2, 0.25) is 0 Å². The molecule has 2 saturated heterocycles.